The molecule has 0 saturated carbocycles. The second-order valence-electron chi connectivity index (χ2n) is 8.86. The minimum Gasteiger partial charge on any atom is -0.350 e. The van der Waals surface area contributed by atoms with Gasteiger partial charge in [-0.15, -0.1) is 0 Å². The van der Waals surface area contributed by atoms with Crippen LogP contribution in [0.25, 0.3) is 33.8 Å². The van der Waals surface area contributed by atoms with Crippen molar-refractivity contribution in [3.05, 3.63) is 121 Å². The molecule has 0 aliphatic rings. The van der Waals surface area contributed by atoms with Gasteiger partial charge in [0.2, 0.25) is 0 Å². The maximum absolute atomic E-state index is 12.7. The molecule has 0 aliphatic heterocycles. The summed E-state index contributed by atoms with van der Waals surface area (Å²) in [5.74, 6) is -0.419. The number of imidazole rings is 2. The fraction of sp³-hybridized carbons (Fsp3) is 0.0667. The Hall–Kier alpha value is -5.24. The Labute approximate surface area is 218 Å². The summed E-state index contributed by atoms with van der Waals surface area (Å²) in [4.78, 5) is 34.7. The molecule has 6 aromatic rings. The van der Waals surface area contributed by atoms with Crippen molar-refractivity contribution in [2.24, 2.45) is 0 Å². The van der Waals surface area contributed by atoms with E-state index in [1.165, 1.54) is 0 Å². The molecular formula is C30H24N6O2. The largest absolute Gasteiger partial charge is 0.350 e. The van der Waals surface area contributed by atoms with E-state index in [1.807, 2.05) is 106 Å². The molecule has 186 valence electrons. The van der Waals surface area contributed by atoms with Gasteiger partial charge >= 0.3 is 0 Å². The molecule has 0 saturated heterocycles. The van der Waals surface area contributed by atoms with E-state index in [4.69, 9.17) is 0 Å². The number of hydrogen-bond acceptors (Lipinski definition) is 4. The van der Waals surface area contributed by atoms with E-state index in [0.29, 0.717) is 24.2 Å². The van der Waals surface area contributed by atoms with Gasteiger partial charge in [-0.25, -0.2) is 9.97 Å². The topological polar surface area (TPSA) is 92.8 Å². The van der Waals surface area contributed by atoms with Gasteiger partial charge in [0.1, 0.15) is 11.3 Å². The van der Waals surface area contributed by atoms with E-state index in [2.05, 4.69) is 20.6 Å². The first-order valence-electron chi connectivity index (χ1n) is 12.3. The molecule has 0 atom stereocenters. The van der Waals surface area contributed by atoms with Crippen molar-refractivity contribution < 1.29 is 9.59 Å². The fourth-order valence-corrected chi connectivity index (χ4v) is 4.34. The van der Waals surface area contributed by atoms with E-state index in [1.54, 1.807) is 12.1 Å². The smallest absolute Gasteiger partial charge is 0.251 e. The Balaban J connectivity index is 1.05. The van der Waals surface area contributed by atoms with Gasteiger partial charge in [-0.05, 0) is 48.5 Å². The minimum atomic E-state index is -0.210. The number of rotatable bonds is 7. The Kier molecular flexibility index (Phi) is 6.11. The summed E-state index contributed by atoms with van der Waals surface area (Å²) < 4.78 is 3.88. The number of nitrogens with one attached hydrogen (secondary N) is 2. The summed E-state index contributed by atoms with van der Waals surface area (Å²) in [6, 6.07) is 26.3. The third kappa shape index (κ3) is 4.75. The zero-order valence-corrected chi connectivity index (χ0v) is 20.4. The lowest BCUT2D eigenvalue weighted by atomic mass is 10.1. The summed E-state index contributed by atoms with van der Waals surface area (Å²) in [7, 11) is 0. The van der Waals surface area contributed by atoms with Crippen LogP contribution in [-0.2, 0) is 0 Å². The van der Waals surface area contributed by atoms with Crippen molar-refractivity contribution in [3.8, 4) is 22.5 Å². The lowest BCUT2D eigenvalue weighted by Gasteiger charge is -2.09. The maximum Gasteiger partial charge on any atom is 0.251 e. The molecule has 2 amide bonds. The Morgan fingerprint density at radius 3 is 1.53 bits per heavy atom. The third-order valence-electron chi connectivity index (χ3n) is 6.27. The van der Waals surface area contributed by atoms with Crippen molar-refractivity contribution in [3.63, 3.8) is 0 Å². The zero-order chi connectivity index (χ0) is 25.9. The first-order valence-corrected chi connectivity index (χ1v) is 12.3. The predicted octanol–water partition coefficient (Wildman–Crippen LogP) is 4.48. The number of carbonyl (C=O) groups excluding carboxylic acids is 2. The average Bonchev–Trinajstić information content (AvgIpc) is 3.60. The van der Waals surface area contributed by atoms with E-state index in [-0.39, 0.29) is 11.8 Å². The number of nitrogens with zero attached hydrogens (tertiary/aromatic N) is 4. The number of aromatic nitrogens is 4. The van der Waals surface area contributed by atoms with Gasteiger partial charge in [-0.1, -0.05) is 36.4 Å². The van der Waals surface area contributed by atoms with Crippen LogP contribution in [0.5, 0.6) is 0 Å². The van der Waals surface area contributed by atoms with Gasteiger partial charge in [-0.2, -0.15) is 0 Å². The molecule has 38 heavy (non-hydrogen) atoms. The highest BCUT2D eigenvalue weighted by Gasteiger charge is 2.11. The summed E-state index contributed by atoms with van der Waals surface area (Å²) in [6.07, 6.45) is 7.75. The molecule has 2 N–H and O–H groups in total. The van der Waals surface area contributed by atoms with Crippen LogP contribution < -0.4 is 10.6 Å². The molecule has 6 rings (SSSR count). The van der Waals surface area contributed by atoms with Crippen molar-refractivity contribution in [1.29, 1.82) is 0 Å². The number of amides is 2. The second kappa shape index (κ2) is 10.0. The average molecular weight is 501 g/mol. The second-order valence-corrected chi connectivity index (χ2v) is 8.86. The van der Waals surface area contributed by atoms with Gasteiger partial charge in [0, 0.05) is 60.1 Å². The molecule has 8 heteroatoms. The van der Waals surface area contributed by atoms with Crippen LogP contribution in [0.15, 0.2) is 110 Å². The lowest BCUT2D eigenvalue weighted by molar-refractivity contribution is 0.0927. The van der Waals surface area contributed by atoms with E-state index >= 15 is 0 Å². The molecule has 4 heterocycles. The molecule has 0 aliphatic carbocycles. The molecule has 2 aromatic carbocycles. The first-order chi connectivity index (χ1) is 18.6. The summed E-state index contributed by atoms with van der Waals surface area (Å²) in [5, 5.41) is 5.74. The van der Waals surface area contributed by atoms with E-state index < -0.39 is 0 Å². The number of fused-ring (bicyclic) bond motifs is 2. The third-order valence-corrected chi connectivity index (χ3v) is 6.27. The Bertz CT molecular complexity index is 1590. The van der Waals surface area contributed by atoms with Gasteiger partial charge in [0.05, 0.1) is 11.4 Å². The highest BCUT2D eigenvalue weighted by Crippen LogP contribution is 2.21. The van der Waals surface area contributed by atoms with Crippen LogP contribution in [0.1, 0.15) is 20.7 Å². The van der Waals surface area contributed by atoms with Crippen LogP contribution in [0.2, 0.25) is 0 Å². The van der Waals surface area contributed by atoms with Gasteiger partial charge in [0.15, 0.2) is 0 Å². The number of carbonyl (C=O) groups is 2. The minimum absolute atomic E-state index is 0.210. The zero-order valence-electron chi connectivity index (χ0n) is 20.4. The summed E-state index contributed by atoms with van der Waals surface area (Å²) in [6.45, 7) is 0.602. The predicted molar refractivity (Wildman–Crippen MR) is 146 cm³/mol. The molecule has 0 bridgehead atoms. The van der Waals surface area contributed by atoms with Crippen molar-refractivity contribution in [2.45, 2.75) is 0 Å². The van der Waals surface area contributed by atoms with Crippen molar-refractivity contribution >= 4 is 23.1 Å². The number of pyridine rings is 2. The molecule has 0 unspecified atom stereocenters. The number of hydrogen-bond donors (Lipinski definition) is 2. The van der Waals surface area contributed by atoms with Crippen molar-refractivity contribution in [2.75, 3.05) is 13.1 Å². The van der Waals surface area contributed by atoms with Gasteiger partial charge in [-0.3, -0.25) is 9.59 Å². The number of benzene rings is 2. The van der Waals surface area contributed by atoms with E-state index in [0.717, 1.165) is 33.8 Å². The van der Waals surface area contributed by atoms with Crippen LogP contribution in [-0.4, -0.2) is 43.7 Å². The molecule has 0 fully saturated rings. The highest BCUT2D eigenvalue weighted by molar-refractivity contribution is 5.96. The van der Waals surface area contributed by atoms with Crippen LogP contribution in [0.3, 0.4) is 0 Å². The Morgan fingerprint density at radius 2 is 1.08 bits per heavy atom. The summed E-state index contributed by atoms with van der Waals surface area (Å²) >= 11 is 0. The maximum atomic E-state index is 12.7. The fourth-order valence-electron chi connectivity index (χ4n) is 4.34. The SMILES string of the molecule is O=C(NCCNC(=O)c1cccc(-c2cn3ccccc3n2)c1)c1cccc(-c2cn3ccccc3n2)c1. The molecule has 0 spiro atoms. The van der Waals surface area contributed by atoms with Crippen molar-refractivity contribution in [1.82, 2.24) is 29.4 Å². The van der Waals surface area contributed by atoms with Crippen LogP contribution >= 0.6 is 0 Å². The van der Waals surface area contributed by atoms with Crippen LogP contribution in [0, 0.1) is 0 Å². The molecular weight excluding hydrogens is 476 g/mol. The highest BCUT2D eigenvalue weighted by atomic mass is 16.2. The van der Waals surface area contributed by atoms with Gasteiger partial charge < -0.3 is 19.4 Å². The molecule has 4 aromatic heterocycles. The quantitative estimate of drug-likeness (QED) is 0.316. The lowest BCUT2D eigenvalue weighted by Crippen LogP contribution is -2.34. The monoisotopic (exact) mass is 500 g/mol. The Morgan fingerprint density at radius 1 is 0.605 bits per heavy atom. The van der Waals surface area contributed by atoms with Crippen LogP contribution in [0.4, 0.5) is 0 Å². The normalized spacial score (nSPS) is 11.1. The molecule has 8 nitrogen and oxygen atoms in total. The van der Waals surface area contributed by atoms with Gasteiger partial charge in [0.25, 0.3) is 11.8 Å². The summed E-state index contributed by atoms with van der Waals surface area (Å²) in [5.41, 5.74) is 6.07. The van der Waals surface area contributed by atoms with E-state index in [9.17, 15) is 9.59 Å². The molecule has 0 radical (unpaired) electrons. The standard InChI is InChI=1S/C30H24N6O2/c37-29(23-9-5-7-21(17-23)25-19-35-15-3-1-11-27(35)33-25)31-13-14-32-30(38)24-10-6-8-22(18-24)26-20-36-16-4-2-12-28(36)34-26/h1-12,15-20H,13-14H2,(H,31,37)(H,32,38). The first kappa shape index (κ1) is 23.2.